The number of rotatable bonds is 5. The van der Waals surface area contributed by atoms with E-state index in [4.69, 9.17) is 0 Å². The first kappa shape index (κ1) is 17.3. The zero-order chi connectivity index (χ0) is 18.3. The first-order valence-corrected chi connectivity index (χ1v) is 10.6. The highest BCUT2D eigenvalue weighted by atomic mass is 32.2. The third-order valence-electron chi connectivity index (χ3n) is 4.31. The molecule has 0 aliphatic carbocycles. The second-order valence-electron chi connectivity index (χ2n) is 6.18. The Morgan fingerprint density at radius 3 is 2.88 bits per heavy atom. The summed E-state index contributed by atoms with van der Waals surface area (Å²) < 4.78 is 15.5. The van der Waals surface area contributed by atoms with Crippen LogP contribution in [-0.2, 0) is 17.3 Å². The van der Waals surface area contributed by atoms with E-state index in [0.717, 1.165) is 32.8 Å². The van der Waals surface area contributed by atoms with Crippen LogP contribution >= 0.6 is 11.3 Å². The number of aliphatic hydroxyl groups excluding tert-OH is 1. The molecular formula is C18H18N4O2S2. The van der Waals surface area contributed by atoms with Gasteiger partial charge in [-0.15, -0.1) is 11.3 Å². The first-order chi connectivity index (χ1) is 12.6. The second-order valence-corrected chi connectivity index (χ2v) is 8.77. The Balaban J connectivity index is 1.87. The van der Waals surface area contributed by atoms with Crippen molar-refractivity contribution in [3.63, 3.8) is 0 Å². The van der Waals surface area contributed by atoms with Crippen molar-refractivity contribution in [1.29, 1.82) is 0 Å². The number of nitrogens with zero attached hydrogens (tertiary/aromatic N) is 4. The fourth-order valence-electron chi connectivity index (χ4n) is 3.00. The van der Waals surface area contributed by atoms with Crippen LogP contribution in [0, 0.1) is 0 Å². The minimum absolute atomic E-state index is 0.0171. The van der Waals surface area contributed by atoms with Crippen molar-refractivity contribution in [2.24, 2.45) is 0 Å². The third-order valence-corrected chi connectivity index (χ3v) is 6.66. The summed E-state index contributed by atoms with van der Waals surface area (Å²) in [5, 5.41) is 9.62. The molecule has 6 nitrogen and oxygen atoms in total. The van der Waals surface area contributed by atoms with Gasteiger partial charge in [-0.25, -0.2) is 15.0 Å². The molecule has 0 spiro atoms. The molecule has 0 amide bonds. The lowest BCUT2D eigenvalue weighted by Crippen LogP contribution is -2.11. The summed E-state index contributed by atoms with van der Waals surface area (Å²) in [4.78, 5) is 13.7. The molecule has 26 heavy (non-hydrogen) atoms. The molecule has 0 aliphatic heterocycles. The van der Waals surface area contributed by atoms with Gasteiger partial charge < -0.3 is 9.67 Å². The Bertz CT molecular complexity index is 1120. The number of benzene rings is 1. The molecule has 8 heteroatoms. The van der Waals surface area contributed by atoms with E-state index in [0.29, 0.717) is 10.9 Å². The highest BCUT2D eigenvalue weighted by molar-refractivity contribution is 7.86. The molecule has 0 radical (unpaired) electrons. The Labute approximate surface area is 157 Å². The molecule has 134 valence electrons. The summed E-state index contributed by atoms with van der Waals surface area (Å²) >= 11 is 1.46. The van der Waals surface area contributed by atoms with E-state index in [2.05, 4.69) is 15.0 Å². The number of aliphatic hydroxyl groups is 1. The van der Waals surface area contributed by atoms with E-state index in [1.54, 1.807) is 12.5 Å². The highest BCUT2D eigenvalue weighted by Crippen LogP contribution is 2.29. The van der Waals surface area contributed by atoms with E-state index < -0.39 is 10.8 Å². The van der Waals surface area contributed by atoms with Gasteiger partial charge in [0.05, 0.1) is 34.2 Å². The zero-order valence-corrected chi connectivity index (χ0v) is 16.0. The van der Waals surface area contributed by atoms with Crippen LogP contribution in [0.4, 0.5) is 0 Å². The fourth-order valence-corrected chi connectivity index (χ4v) is 4.70. The van der Waals surface area contributed by atoms with Crippen molar-refractivity contribution in [3.8, 4) is 0 Å². The van der Waals surface area contributed by atoms with Gasteiger partial charge in [0, 0.05) is 18.4 Å². The van der Waals surface area contributed by atoms with Crippen LogP contribution < -0.4 is 0 Å². The van der Waals surface area contributed by atoms with Gasteiger partial charge in [-0.1, -0.05) is 19.1 Å². The molecule has 3 aromatic heterocycles. The van der Waals surface area contributed by atoms with Gasteiger partial charge in [0.15, 0.2) is 9.99 Å². The van der Waals surface area contributed by atoms with Gasteiger partial charge in [0.2, 0.25) is 0 Å². The average Bonchev–Trinajstić information content (AvgIpc) is 3.24. The predicted octanol–water partition coefficient (Wildman–Crippen LogP) is 2.92. The van der Waals surface area contributed by atoms with Gasteiger partial charge in [-0.05, 0) is 23.8 Å². The van der Waals surface area contributed by atoms with Crippen LogP contribution in [0.5, 0.6) is 0 Å². The van der Waals surface area contributed by atoms with Crippen molar-refractivity contribution in [1.82, 2.24) is 19.5 Å². The van der Waals surface area contributed by atoms with E-state index in [9.17, 15) is 9.32 Å². The third kappa shape index (κ3) is 2.94. The molecule has 3 heterocycles. The molecule has 0 bridgehead atoms. The number of fused-ring (bicyclic) bond motifs is 2. The molecule has 0 aliphatic rings. The molecule has 0 saturated carbocycles. The van der Waals surface area contributed by atoms with Crippen LogP contribution in [-0.4, -0.2) is 41.7 Å². The normalized spacial score (nSPS) is 14.1. The highest BCUT2D eigenvalue weighted by Gasteiger charge is 2.19. The smallest absolute Gasteiger partial charge is 0.181 e. The summed E-state index contributed by atoms with van der Waals surface area (Å²) in [5.74, 6) is 0.699. The summed E-state index contributed by atoms with van der Waals surface area (Å²) in [6.45, 7) is 2.51. The maximum absolute atomic E-state index is 11.8. The summed E-state index contributed by atoms with van der Waals surface area (Å²) in [7, 11) is -1.10. The molecular weight excluding hydrogens is 368 g/mol. The molecule has 1 aromatic carbocycles. The summed E-state index contributed by atoms with van der Waals surface area (Å²) in [6.07, 6.45) is 3.39. The van der Waals surface area contributed by atoms with Crippen LogP contribution in [0.3, 0.4) is 0 Å². The number of para-hydroxylation sites is 1. The lowest BCUT2D eigenvalue weighted by molar-refractivity contribution is 0.267. The summed E-state index contributed by atoms with van der Waals surface area (Å²) in [5.41, 5.74) is 3.48. The van der Waals surface area contributed by atoms with E-state index in [1.807, 2.05) is 41.8 Å². The van der Waals surface area contributed by atoms with Crippen LogP contribution in [0.25, 0.3) is 21.4 Å². The number of imidazole rings is 1. The second kappa shape index (κ2) is 6.86. The number of aromatic nitrogens is 4. The molecule has 2 atom stereocenters. The first-order valence-electron chi connectivity index (χ1n) is 8.22. The zero-order valence-electron chi connectivity index (χ0n) is 14.4. The van der Waals surface area contributed by atoms with Crippen molar-refractivity contribution in [2.45, 2.75) is 23.7 Å². The predicted molar refractivity (Wildman–Crippen MR) is 104 cm³/mol. The number of hydrogen-bond acceptors (Lipinski definition) is 6. The van der Waals surface area contributed by atoms with E-state index in [1.165, 1.54) is 11.3 Å². The van der Waals surface area contributed by atoms with E-state index >= 15 is 0 Å². The Hall–Kier alpha value is -2.16. The van der Waals surface area contributed by atoms with Crippen molar-refractivity contribution in [3.05, 3.63) is 47.9 Å². The standard InChI is InChI=1S/C18H18N4O2S2/c1-11(10-23)16-20-13-6-4-8-19-17(13)22(16)9-12-5-3-7-14-15(12)21-18(25-14)26(2)24/h3-8,11,23H,9-10H2,1-2H3. The number of hydrogen-bond donors (Lipinski definition) is 1. The topological polar surface area (TPSA) is 80.9 Å². The van der Waals surface area contributed by atoms with Crippen molar-refractivity contribution < 1.29 is 9.32 Å². The van der Waals surface area contributed by atoms with Gasteiger partial charge >= 0.3 is 0 Å². The number of thiazole rings is 1. The van der Waals surface area contributed by atoms with Crippen molar-refractivity contribution in [2.75, 3.05) is 12.9 Å². The SMILES string of the molecule is CC(CO)c1nc2cccnc2n1Cc1cccc2sc(S(C)=O)nc12. The van der Waals surface area contributed by atoms with Gasteiger partial charge in [-0.2, -0.15) is 0 Å². The van der Waals surface area contributed by atoms with Gasteiger partial charge in [0.1, 0.15) is 11.3 Å². The molecule has 2 unspecified atom stereocenters. The Morgan fingerprint density at radius 1 is 1.27 bits per heavy atom. The fraction of sp³-hybridized carbons (Fsp3) is 0.278. The quantitative estimate of drug-likeness (QED) is 0.570. The van der Waals surface area contributed by atoms with Crippen LogP contribution in [0.1, 0.15) is 24.2 Å². The minimum Gasteiger partial charge on any atom is -0.396 e. The monoisotopic (exact) mass is 386 g/mol. The van der Waals surface area contributed by atoms with Gasteiger partial charge in [-0.3, -0.25) is 4.21 Å². The lowest BCUT2D eigenvalue weighted by Gasteiger charge is -2.12. The average molecular weight is 387 g/mol. The van der Waals surface area contributed by atoms with Crippen molar-refractivity contribution >= 4 is 43.5 Å². The Kier molecular flexibility index (Phi) is 4.56. The molecule has 0 saturated heterocycles. The van der Waals surface area contributed by atoms with Gasteiger partial charge in [0.25, 0.3) is 0 Å². The maximum Gasteiger partial charge on any atom is 0.181 e. The lowest BCUT2D eigenvalue weighted by atomic mass is 10.1. The maximum atomic E-state index is 11.8. The number of pyridine rings is 1. The molecule has 4 aromatic rings. The molecule has 0 fully saturated rings. The van der Waals surface area contributed by atoms with Crippen LogP contribution in [0.15, 0.2) is 40.9 Å². The molecule has 1 N–H and O–H groups in total. The van der Waals surface area contributed by atoms with E-state index in [-0.39, 0.29) is 12.5 Å². The summed E-state index contributed by atoms with van der Waals surface area (Å²) in [6, 6.07) is 9.78. The Morgan fingerprint density at radius 2 is 2.12 bits per heavy atom. The largest absolute Gasteiger partial charge is 0.396 e. The molecule has 4 rings (SSSR count). The minimum atomic E-state index is -1.10. The van der Waals surface area contributed by atoms with Crippen LogP contribution in [0.2, 0.25) is 0 Å².